The van der Waals surface area contributed by atoms with E-state index in [1.807, 2.05) is 12.1 Å². The van der Waals surface area contributed by atoms with Crippen LogP contribution in [0.1, 0.15) is 5.56 Å². The molecule has 3 N–H and O–H groups in total. The summed E-state index contributed by atoms with van der Waals surface area (Å²) in [5.41, 5.74) is 3.11. The highest BCUT2D eigenvalue weighted by atomic mass is 19.4. The fraction of sp³-hybridized carbons (Fsp3) is 0.227. The zero-order chi connectivity index (χ0) is 24.9. The monoisotopic (exact) mass is 481 g/mol. The number of fused-ring (bicyclic) bond motifs is 1. The summed E-state index contributed by atoms with van der Waals surface area (Å²) >= 11 is 0. The van der Waals surface area contributed by atoms with Gasteiger partial charge in [-0.2, -0.15) is 18.3 Å². The van der Waals surface area contributed by atoms with Crippen molar-refractivity contribution in [3.05, 3.63) is 60.2 Å². The lowest BCUT2D eigenvalue weighted by Gasteiger charge is -2.25. The Labute approximate surface area is 190 Å². The lowest BCUT2D eigenvalue weighted by Crippen LogP contribution is -2.32. The predicted octanol–water partition coefficient (Wildman–Crippen LogP) is 4.05. The van der Waals surface area contributed by atoms with Gasteiger partial charge in [-0.1, -0.05) is 6.07 Å². The standard InChI is InChI=1S/C20H18FN3O3.C2HF3O2/c1-26-19-8-12(15-9-22-23-10-15)2-4-17(19)24-20(25)14-6-13-7-16(21)3-5-18(13)27-11-14;3-2(4,5)1(6)7/h2-5,7-10,14H,6,11H2,1H3,(H,22,23)(H,24,25);(H,6,7). The predicted molar refractivity (Wildman–Crippen MR) is 112 cm³/mol. The first-order valence-electron chi connectivity index (χ1n) is 9.78. The number of aliphatic carboxylic acids is 1. The van der Waals surface area contributed by atoms with Crippen LogP contribution < -0.4 is 14.8 Å². The number of halogens is 4. The van der Waals surface area contributed by atoms with E-state index in [9.17, 15) is 22.4 Å². The number of methoxy groups -OCH3 is 1. The largest absolute Gasteiger partial charge is 0.495 e. The third-order valence-corrected chi connectivity index (χ3v) is 4.83. The molecule has 180 valence electrons. The average molecular weight is 481 g/mol. The molecule has 12 heteroatoms. The fourth-order valence-electron chi connectivity index (χ4n) is 3.15. The number of ether oxygens (including phenoxy) is 2. The minimum Gasteiger partial charge on any atom is -0.495 e. The molecule has 3 aromatic rings. The number of benzene rings is 2. The van der Waals surface area contributed by atoms with Crippen molar-refractivity contribution >= 4 is 17.6 Å². The van der Waals surface area contributed by atoms with Gasteiger partial charge in [-0.3, -0.25) is 9.89 Å². The zero-order valence-corrected chi connectivity index (χ0v) is 17.6. The number of H-pyrrole nitrogens is 1. The number of nitrogens with zero attached hydrogens (tertiary/aromatic N) is 1. The Morgan fingerprint density at radius 1 is 1.21 bits per heavy atom. The molecule has 34 heavy (non-hydrogen) atoms. The number of amides is 1. The maximum Gasteiger partial charge on any atom is 0.490 e. The number of nitrogens with one attached hydrogen (secondary N) is 2. The van der Waals surface area contributed by atoms with Gasteiger partial charge in [-0.05, 0) is 47.9 Å². The fourth-order valence-corrected chi connectivity index (χ4v) is 3.15. The van der Waals surface area contributed by atoms with Crippen molar-refractivity contribution in [2.75, 3.05) is 19.0 Å². The van der Waals surface area contributed by atoms with E-state index in [1.165, 1.54) is 12.1 Å². The quantitative estimate of drug-likeness (QED) is 0.485. The molecule has 2 aromatic carbocycles. The highest BCUT2D eigenvalue weighted by Crippen LogP contribution is 2.32. The molecule has 0 spiro atoms. The molecule has 2 heterocycles. The highest BCUT2D eigenvalue weighted by Gasteiger charge is 2.38. The maximum absolute atomic E-state index is 13.4. The Morgan fingerprint density at radius 3 is 2.56 bits per heavy atom. The van der Waals surface area contributed by atoms with E-state index < -0.39 is 18.1 Å². The van der Waals surface area contributed by atoms with Gasteiger partial charge in [0.15, 0.2) is 0 Å². The van der Waals surface area contributed by atoms with Crippen molar-refractivity contribution in [2.45, 2.75) is 12.6 Å². The Balaban J connectivity index is 0.000000406. The molecule has 1 aromatic heterocycles. The topological polar surface area (TPSA) is 114 Å². The Morgan fingerprint density at radius 2 is 1.94 bits per heavy atom. The molecule has 0 saturated heterocycles. The zero-order valence-electron chi connectivity index (χ0n) is 17.6. The molecule has 1 unspecified atom stereocenters. The first kappa shape index (κ1) is 24.6. The van der Waals surface area contributed by atoms with Crippen LogP contribution in [0.3, 0.4) is 0 Å². The first-order chi connectivity index (χ1) is 16.1. The minimum atomic E-state index is -5.08. The van der Waals surface area contributed by atoms with E-state index >= 15 is 0 Å². The Hall–Kier alpha value is -4.09. The van der Waals surface area contributed by atoms with E-state index in [1.54, 1.807) is 31.6 Å². The summed E-state index contributed by atoms with van der Waals surface area (Å²) in [6.45, 7) is 0.250. The number of carbonyl (C=O) groups excluding carboxylic acids is 1. The van der Waals surface area contributed by atoms with Crippen LogP contribution in [-0.4, -0.2) is 47.1 Å². The normalized spacial score (nSPS) is 14.7. The van der Waals surface area contributed by atoms with Crippen molar-refractivity contribution < 1.29 is 41.7 Å². The lowest BCUT2D eigenvalue weighted by molar-refractivity contribution is -0.192. The van der Waals surface area contributed by atoms with Gasteiger partial charge in [0.1, 0.15) is 23.9 Å². The number of anilines is 1. The van der Waals surface area contributed by atoms with Gasteiger partial charge >= 0.3 is 12.1 Å². The molecular formula is C22H19F4N3O5. The third kappa shape index (κ3) is 6.03. The molecule has 1 aliphatic heterocycles. The van der Waals surface area contributed by atoms with Crippen LogP contribution in [0.2, 0.25) is 0 Å². The van der Waals surface area contributed by atoms with Crippen LogP contribution in [0.4, 0.5) is 23.2 Å². The van der Waals surface area contributed by atoms with Crippen LogP contribution in [-0.2, 0) is 16.0 Å². The number of hydrogen-bond donors (Lipinski definition) is 3. The van der Waals surface area contributed by atoms with Crippen LogP contribution >= 0.6 is 0 Å². The number of alkyl halides is 3. The summed E-state index contributed by atoms with van der Waals surface area (Å²) in [4.78, 5) is 21.6. The van der Waals surface area contributed by atoms with Gasteiger partial charge < -0.3 is 19.9 Å². The molecular weight excluding hydrogens is 462 g/mol. The van der Waals surface area contributed by atoms with E-state index in [0.29, 0.717) is 29.2 Å². The van der Waals surface area contributed by atoms with Crippen LogP contribution in [0.5, 0.6) is 11.5 Å². The van der Waals surface area contributed by atoms with Crippen molar-refractivity contribution in [1.82, 2.24) is 10.2 Å². The lowest BCUT2D eigenvalue weighted by atomic mass is 9.95. The molecule has 0 bridgehead atoms. The number of carboxylic acids is 1. The number of aromatic nitrogens is 2. The van der Waals surface area contributed by atoms with Gasteiger partial charge in [0, 0.05) is 11.8 Å². The summed E-state index contributed by atoms with van der Waals surface area (Å²) in [5.74, 6) is -2.52. The molecule has 4 rings (SSSR count). The summed E-state index contributed by atoms with van der Waals surface area (Å²) in [7, 11) is 1.55. The van der Waals surface area contributed by atoms with Crippen molar-refractivity contribution in [1.29, 1.82) is 0 Å². The van der Waals surface area contributed by atoms with Crippen LogP contribution in [0, 0.1) is 11.7 Å². The average Bonchev–Trinajstić information content (AvgIpc) is 3.33. The van der Waals surface area contributed by atoms with E-state index in [0.717, 1.165) is 11.1 Å². The van der Waals surface area contributed by atoms with E-state index in [-0.39, 0.29) is 18.3 Å². The maximum atomic E-state index is 13.4. The molecule has 1 amide bonds. The number of carboxylic acid groups (broad SMARTS) is 1. The molecule has 0 fully saturated rings. The molecule has 1 aliphatic rings. The summed E-state index contributed by atoms with van der Waals surface area (Å²) in [6, 6.07) is 9.86. The van der Waals surface area contributed by atoms with Gasteiger partial charge in [-0.15, -0.1) is 0 Å². The van der Waals surface area contributed by atoms with Gasteiger partial charge in [0.25, 0.3) is 0 Å². The second-order valence-electron chi connectivity index (χ2n) is 7.16. The molecule has 0 saturated carbocycles. The van der Waals surface area contributed by atoms with Crippen molar-refractivity contribution in [3.63, 3.8) is 0 Å². The second-order valence-corrected chi connectivity index (χ2v) is 7.16. The van der Waals surface area contributed by atoms with E-state index in [4.69, 9.17) is 19.4 Å². The Kier molecular flexibility index (Phi) is 7.39. The van der Waals surface area contributed by atoms with Gasteiger partial charge in [0.2, 0.25) is 5.91 Å². The molecule has 1 atom stereocenters. The van der Waals surface area contributed by atoms with Gasteiger partial charge in [-0.25, -0.2) is 9.18 Å². The third-order valence-electron chi connectivity index (χ3n) is 4.83. The summed E-state index contributed by atoms with van der Waals surface area (Å²) in [5, 5.41) is 16.7. The van der Waals surface area contributed by atoms with Crippen molar-refractivity contribution in [2.24, 2.45) is 5.92 Å². The number of hydrogen-bond acceptors (Lipinski definition) is 5. The van der Waals surface area contributed by atoms with E-state index in [2.05, 4.69) is 15.5 Å². The molecule has 0 radical (unpaired) electrons. The summed E-state index contributed by atoms with van der Waals surface area (Å²) < 4.78 is 56.2. The smallest absolute Gasteiger partial charge is 0.490 e. The highest BCUT2D eigenvalue weighted by molar-refractivity contribution is 5.95. The van der Waals surface area contributed by atoms with Crippen molar-refractivity contribution in [3.8, 4) is 22.6 Å². The first-order valence-corrected chi connectivity index (χ1v) is 9.78. The summed E-state index contributed by atoms with van der Waals surface area (Å²) in [6.07, 6.45) is -1.17. The number of carbonyl (C=O) groups is 2. The van der Waals surface area contributed by atoms with Crippen LogP contribution in [0.15, 0.2) is 48.8 Å². The number of rotatable bonds is 4. The Bertz CT molecular complexity index is 1170. The molecule has 0 aliphatic carbocycles. The second kappa shape index (κ2) is 10.2. The van der Waals surface area contributed by atoms with Crippen LogP contribution in [0.25, 0.3) is 11.1 Å². The van der Waals surface area contributed by atoms with Gasteiger partial charge in [0.05, 0.1) is 24.9 Å². The minimum absolute atomic E-state index is 0.195. The molecule has 8 nitrogen and oxygen atoms in total. The number of aromatic amines is 1. The SMILES string of the molecule is COc1cc(-c2cn[nH]c2)ccc1NC(=O)C1COc2ccc(F)cc2C1.O=C(O)C(F)(F)F.